The number of rotatable bonds is 8. The van der Waals surface area contributed by atoms with E-state index in [4.69, 9.17) is 14.2 Å². The summed E-state index contributed by atoms with van der Waals surface area (Å²) in [5.41, 5.74) is 0.162. The second-order valence-corrected chi connectivity index (χ2v) is 8.73. The summed E-state index contributed by atoms with van der Waals surface area (Å²) in [5.74, 6) is -0.0608. The van der Waals surface area contributed by atoms with Gasteiger partial charge < -0.3 is 19.5 Å². The van der Waals surface area contributed by atoms with Crippen LogP contribution in [0.1, 0.15) is 44.5 Å². The van der Waals surface area contributed by atoms with E-state index >= 15 is 0 Å². The number of amides is 2. The number of carbonyl (C=O) groups excluding carboxylic acids is 3. The maximum Gasteiger partial charge on any atom is 0.338 e. The fourth-order valence-corrected chi connectivity index (χ4v) is 3.49. The van der Waals surface area contributed by atoms with Crippen LogP contribution in [0.4, 0.5) is 11.4 Å². The summed E-state index contributed by atoms with van der Waals surface area (Å²) < 4.78 is 16.4. The largest absolute Gasteiger partial charge is 0.493 e. The molecule has 0 radical (unpaired) electrons. The summed E-state index contributed by atoms with van der Waals surface area (Å²) in [6, 6.07) is 11.7. The smallest absolute Gasteiger partial charge is 0.338 e. The Morgan fingerprint density at radius 1 is 1.09 bits per heavy atom. The first-order valence-electron chi connectivity index (χ1n) is 10.9. The Kier molecular flexibility index (Phi) is 7.26. The molecule has 0 atom stereocenters. The Balaban J connectivity index is 1.70. The predicted octanol–water partition coefficient (Wildman–Crippen LogP) is 4.04. The lowest BCUT2D eigenvalue weighted by atomic mass is 9.96. The highest BCUT2D eigenvalue weighted by molar-refractivity contribution is 6.14. The number of ether oxygens (including phenoxy) is 3. The third kappa shape index (κ3) is 5.27. The Morgan fingerprint density at radius 3 is 2.52 bits per heavy atom. The SMILES string of the molecule is COc1cc(C(=O)OCC(=O)N2c3ccccc3NC(=O)C2(C)C)ccc1OCCC(C)C. The number of esters is 1. The number of nitrogens with one attached hydrogen (secondary N) is 1. The van der Waals surface area contributed by atoms with Crippen molar-refractivity contribution in [2.24, 2.45) is 5.92 Å². The molecule has 0 fully saturated rings. The first kappa shape index (κ1) is 24.1. The van der Waals surface area contributed by atoms with Gasteiger partial charge in [-0.2, -0.15) is 0 Å². The van der Waals surface area contributed by atoms with Gasteiger partial charge in [0, 0.05) is 0 Å². The molecular formula is C25H30N2O6. The molecule has 8 nitrogen and oxygen atoms in total. The summed E-state index contributed by atoms with van der Waals surface area (Å²) >= 11 is 0. The van der Waals surface area contributed by atoms with Crippen LogP contribution in [-0.2, 0) is 14.3 Å². The van der Waals surface area contributed by atoms with Crippen molar-refractivity contribution >= 4 is 29.2 Å². The molecule has 2 aromatic rings. The summed E-state index contributed by atoms with van der Waals surface area (Å²) in [5, 5.41) is 2.80. The monoisotopic (exact) mass is 454 g/mol. The molecule has 3 rings (SSSR count). The molecule has 1 N–H and O–H groups in total. The van der Waals surface area contributed by atoms with Crippen molar-refractivity contribution in [1.82, 2.24) is 0 Å². The summed E-state index contributed by atoms with van der Waals surface area (Å²) in [7, 11) is 1.49. The van der Waals surface area contributed by atoms with Gasteiger partial charge in [0.25, 0.3) is 5.91 Å². The van der Waals surface area contributed by atoms with Gasteiger partial charge in [-0.05, 0) is 56.5 Å². The van der Waals surface area contributed by atoms with Gasteiger partial charge in [0.1, 0.15) is 5.54 Å². The number of methoxy groups -OCH3 is 1. The van der Waals surface area contributed by atoms with Gasteiger partial charge in [-0.1, -0.05) is 26.0 Å². The maximum absolute atomic E-state index is 13.0. The van der Waals surface area contributed by atoms with Crippen LogP contribution in [0.2, 0.25) is 0 Å². The molecule has 0 saturated carbocycles. The number of hydrogen-bond acceptors (Lipinski definition) is 6. The standard InChI is InChI=1S/C25H30N2O6/c1-16(2)12-13-32-20-11-10-17(14-21(20)31-5)23(29)33-15-22(28)27-19-9-7-6-8-18(19)26-24(30)25(27,3)4/h6-11,14,16H,12-13,15H2,1-5H3,(H,26,30). The van der Waals surface area contributed by atoms with E-state index in [-0.39, 0.29) is 11.5 Å². The number of nitrogens with zero attached hydrogens (tertiary/aromatic N) is 1. The molecule has 33 heavy (non-hydrogen) atoms. The van der Waals surface area contributed by atoms with E-state index in [9.17, 15) is 14.4 Å². The van der Waals surface area contributed by atoms with E-state index in [0.717, 1.165) is 6.42 Å². The van der Waals surface area contributed by atoms with Crippen LogP contribution in [0.25, 0.3) is 0 Å². The zero-order valence-corrected chi connectivity index (χ0v) is 19.6. The molecule has 1 heterocycles. The minimum Gasteiger partial charge on any atom is -0.493 e. The molecule has 2 amide bonds. The second kappa shape index (κ2) is 9.94. The van der Waals surface area contributed by atoms with E-state index in [0.29, 0.717) is 35.4 Å². The number of carbonyl (C=O) groups is 3. The lowest BCUT2D eigenvalue weighted by Gasteiger charge is -2.41. The van der Waals surface area contributed by atoms with Crippen LogP contribution in [0.5, 0.6) is 11.5 Å². The minimum absolute atomic E-state index is 0.229. The minimum atomic E-state index is -1.14. The van der Waals surface area contributed by atoms with Crippen molar-refractivity contribution < 1.29 is 28.6 Å². The molecule has 1 aliphatic heterocycles. The Hall–Kier alpha value is -3.55. The van der Waals surface area contributed by atoms with Crippen LogP contribution >= 0.6 is 0 Å². The third-order valence-electron chi connectivity index (χ3n) is 5.44. The normalized spacial score (nSPS) is 14.4. The maximum atomic E-state index is 13.0. The summed E-state index contributed by atoms with van der Waals surface area (Å²) in [6.07, 6.45) is 0.892. The highest BCUT2D eigenvalue weighted by atomic mass is 16.5. The highest BCUT2D eigenvalue weighted by Crippen LogP contribution is 2.36. The number of anilines is 2. The Bertz CT molecular complexity index is 1050. The van der Waals surface area contributed by atoms with Crippen molar-refractivity contribution in [2.75, 3.05) is 30.5 Å². The second-order valence-electron chi connectivity index (χ2n) is 8.73. The molecule has 0 unspecified atom stereocenters. The first-order valence-corrected chi connectivity index (χ1v) is 10.9. The zero-order valence-electron chi connectivity index (χ0n) is 19.6. The number of para-hydroxylation sites is 2. The Morgan fingerprint density at radius 2 is 1.82 bits per heavy atom. The summed E-state index contributed by atoms with van der Waals surface area (Å²) in [4.78, 5) is 39.5. The molecule has 176 valence electrons. The average Bonchev–Trinajstić information content (AvgIpc) is 2.77. The van der Waals surface area contributed by atoms with E-state index in [2.05, 4.69) is 19.2 Å². The van der Waals surface area contributed by atoms with Crippen molar-refractivity contribution in [3.05, 3.63) is 48.0 Å². The van der Waals surface area contributed by atoms with Crippen LogP contribution in [-0.4, -0.2) is 43.6 Å². The van der Waals surface area contributed by atoms with E-state index in [1.165, 1.54) is 18.1 Å². The van der Waals surface area contributed by atoms with Crippen LogP contribution in [0.3, 0.4) is 0 Å². The molecule has 8 heteroatoms. The predicted molar refractivity (Wildman–Crippen MR) is 125 cm³/mol. The molecule has 0 spiro atoms. The van der Waals surface area contributed by atoms with Crippen molar-refractivity contribution in [1.29, 1.82) is 0 Å². The molecular weight excluding hydrogens is 424 g/mol. The van der Waals surface area contributed by atoms with Crippen molar-refractivity contribution in [2.45, 2.75) is 39.7 Å². The lowest BCUT2D eigenvalue weighted by Crippen LogP contribution is -2.59. The number of fused-ring (bicyclic) bond motifs is 1. The number of benzene rings is 2. The number of hydrogen-bond donors (Lipinski definition) is 1. The zero-order chi connectivity index (χ0) is 24.2. The topological polar surface area (TPSA) is 94.2 Å². The fraction of sp³-hybridized carbons (Fsp3) is 0.400. The molecule has 2 aromatic carbocycles. The van der Waals surface area contributed by atoms with Crippen LogP contribution < -0.4 is 19.7 Å². The Labute approximate surface area is 193 Å². The average molecular weight is 455 g/mol. The lowest BCUT2D eigenvalue weighted by molar-refractivity contribution is -0.128. The van der Waals surface area contributed by atoms with E-state index in [1.54, 1.807) is 50.2 Å². The first-order chi connectivity index (χ1) is 15.6. The highest BCUT2D eigenvalue weighted by Gasteiger charge is 2.43. The van der Waals surface area contributed by atoms with E-state index < -0.39 is 24.0 Å². The third-order valence-corrected chi connectivity index (χ3v) is 5.44. The van der Waals surface area contributed by atoms with Gasteiger partial charge in [-0.15, -0.1) is 0 Å². The fourth-order valence-electron chi connectivity index (χ4n) is 3.49. The van der Waals surface area contributed by atoms with E-state index in [1.807, 2.05) is 0 Å². The van der Waals surface area contributed by atoms with Gasteiger partial charge in [0.15, 0.2) is 18.1 Å². The van der Waals surface area contributed by atoms with Gasteiger partial charge in [-0.25, -0.2) is 4.79 Å². The molecule has 0 aliphatic carbocycles. The van der Waals surface area contributed by atoms with Gasteiger partial charge in [-0.3, -0.25) is 14.5 Å². The molecule has 0 saturated heterocycles. The van der Waals surface area contributed by atoms with Crippen molar-refractivity contribution in [3.63, 3.8) is 0 Å². The molecule has 1 aliphatic rings. The molecule has 0 bridgehead atoms. The van der Waals surface area contributed by atoms with Gasteiger partial charge in [0.05, 0.1) is 30.7 Å². The van der Waals surface area contributed by atoms with Gasteiger partial charge >= 0.3 is 5.97 Å². The molecule has 0 aromatic heterocycles. The van der Waals surface area contributed by atoms with Gasteiger partial charge in [0.2, 0.25) is 5.91 Å². The van der Waals surface area contributed by atoms with Crippen LogP contribution in [0, 0.1) is 5.92 Å². The summed E-state index contributed by atoms with van der Waals surface area (Å²) in [6.45, 7) is 7.52. The van der Waals surface area contributed by atoms with Crippen LogP contribution in [0.15, 0.2) is 42.5 Å². The quantitative estimate of drug-likeness (QED) is 0.605. The van der Waals surface area contributed by atoms with Crippen molar-refractivity contribution in [3.8, 4) is 11.5 Å².